The Morgan fingerprint density at radius 2 is 2.25 bits per heavy atom. The van der Waals surface area contributed by atoms with Crippen molar-refractivity contribution < 1.29 is 9.47 Å². The van der Waals surface area contributed by atoms with Crippen LogP contribution in [-0.2, 0) is 9.47 Å². The number of aromatic nitrogens is 4. The van der Waals surface area contributed by atoms with E-state index in [0.717, 1.165) is 11.6 Å². The van der Waals surface area contributed by atoms with E-state index in [9.17, 15) is 0 Å². The molecule has 2 fully saturated rings. The first-order chi connectivity index (χ1) is 9.55. The zero-order chi connectivity index (χ0) is 13.9. The number of nitrogens with zero attached hydrogens (tertiary/aromatic N) is 4. The third-order valence-electron chi connectivity index (χ3n) is 3.52. The Bertz CT molecular complexity index is 677. The van der Waals surface area contributed by atoms with Crippen LogP contribution in [0.1, 0.15) is 24.9 Å². The second kappa shape index (κ2) is 4.30. The average molecular weight is 313 g/mol. The summed E-state index contributed by atoms with van der Waals surface area (Å²) in [6, 6.07) is 0. The molecule has 2 aromatic rings. The number of hydrogen-bond donors (Lipinski definition) is 0. The molecule has 4 heterocycles. The van der Waals surface area contributed by atoms with Crippen molar-refractivity contribution in [2.75, 3.05) is 5.75 Å². The second-order valence-corrected chi connectivity index (χ2v) is 6.89. The van der Waals surface area contributed by atoms with Crippen molar-refractivity contribution >= 4 is 29.0 Å². The maximum Gasteiger partial charge on any atom is 0.198 e. The van der Waals surface area contributed by atoms with E-state index in [1.807, 2.05) is 24.4 Å². The first kappa shape index (κ1) is 12.8. The van der Waals surface area contributed by atoms with Gasteiger partial charge in [0.2, 0.25) is 0 Å². The summed E-state index contributed by atoms with van der Waals surface area (Å²) in [5.74, 6) is 1.20. The number of fused-ring (bicyclic) bond motifs is 2. The molecular formula is C12H13ClN4O2S. The molecule has 0 aromatic carbocycles. The minimum absolute atomic E-state index is 0.00524. The van der Waals surface area contributed by atoms with Crippen LogP contribution in [0.3, 0.4) is 0 Å². The van der Waals surface area contributed by atoms with Crippen LogP contribution in [0.5, 0.6) is 0 Å². The first-order valence-corrected chi connectivity index (χ1v) is 7.80. The zero-order valence-corrected chi connectivity index (χ0v) is 12.6. The molecule has 0 aliphatic carbocycles. The molecular weight excluding hydrogens is 300 g/mol. The SMILES string of the molecule is CC1(C)OC2CS[C@@H](c3nnc4c(Cl)nccn34)C2O1. The fourth-order valence-electron chi connectivity index (χ4n) is 2.77. The summed E-state index contributed by atoms with van der Waals surface area (Å²) in [7, 11) is 0. The van der Waals surface area contributed by atoms with Crippen molar-refractivity contribution in [3.63, 3.8) is 0 Å². The van der Waals surface area contributed by atoms with Gasteiger partial charge in [0.25, 0.3) is 0 Å². The molecule has 0 bridgehead atoms. The van der Waals surface area contributed by atoms with E-state index < -0.39 is 5.79 Å². The predicted octanol–water partition coefficient (Wildman–Crippen LogP) is 2.09. The molecule has 4 rings (SSSR count). The molecule has 0 radical (unpaired) electrons. The van der Waals surface area contributed by atoms with Gasteiger partial charge in [-0.2, -0.15) is 0 Å². The van der Waals surface area contributed by atoms with Crippen LogP contribution in [0.2, 0.25) is 5.15 Å². The summed E-state index contributed by atoms with van der Waals surface area (Å²) in [6.07, 6.45) is 3.57. The largest absolute Gasteiger partial charge is 0.344 e. The molecule has 0 spiro atoms. The van der Waals surface area contributed by atoms with E-state index in [0.29, 0.717) is 10.8 Å². The van der Waals surface area contributed by atoms with E-state index in [1.165, 1.54) is 0 Å². The fraction of sp³-hybridized carbons (Fsp3) is 0.583. The van der Waals surface area contributed by atoms with Gasteiger partial charge in [-0.05, 0) is 13.8 Å². The molecule has 0 saturated carbocycles. The number of ether oxygens (including phenoxy) is 2. The Morgan fingerprint density at radius 3 is 3.10 bits per heavy atom. The van der Waals surface area contributed by atoms with Crippen molar-refractivity contribution in [3.8, 4) is 0 Å². The predicted molar refractivity (Wildman–Crippen MR) is 74.8 cm³/mol. The van der Waals surface area contributed by atoms with Crippen LogP contribution in [0.4, 0.5) is 0 Å². The number of rotatable bonds is 1. The molecule has 0 N–H and O–H groups in total. The van der Waals surface area contributed by atoms with Gasteiger partial charge in [-0.3, -0.25) is 4.40 Å². The summed E-state index contributed by atoms with van der Waals surface area (Å²) >= 11 is 7.81. The van der Waals surface area contributed by atoms with Gasteiger partial charge < -0.3 is 9.47 Å². The molecule has 2 aliphatic rings. The third kappa shape index (κ3) is 1.84. The molecule has 20 heavy (non-hydrogen) atoms. The highest BCUT2D eigenvalue weighted by Crippen LogP contribution is 2.48. The lowest BCUT2D eigenvalue weighted by Crippen LogP contribution is -2.24. The van der Waals surface area contributed by atoms with Gasteiger partial charge in [0.05, 0.1) is 11.4 Å². The van der Waals surface area contributed by atoms with E-state index in [1.54, 1.807) is 18.0 Å². The van der Waals surface area contributed by atoms with Crippen LogP contribution >= 0.6 is 23.4 Å². The quantitative estimate of drug-likeness (QED) is 0.803. The Hall–Kier alpha value is -0.890. The summed E-state index contributed by atoms with van der Waals surface area (Å²) in [4.78, 5) is 4.02. The Balaban J connectivity index is 1.75. The lowest BCUT2D eigenvalue weighted by Gasteiger charge is -2.20. The van der Waals surface area contributed by atoms with Crippen LogP contribution in [0, 0.1) is 0 Å². The Kier molecular flexibility index (Phi) is 2.76. The second-order valence-electron chi connectivity index (χ2n) is 5.36. The number of hydrogen-bond acceptors (Lipinski definition) is 6. The summed E-state index contributed by atoms with van der Waals surface area (Å²) in [5, 5.41) is 8.85. The molecule has 6 nitrogen and oxygen atoms in total. The zero-order valence-electron chi connectivity index (χ0n) is 11.0. The normalized spacial score (nSPS) is 31.9. The topological polar surface area (TPSA) is 61.5 Å². The highest BCUT2D eigenvalue weighted by Gasteiger charge is 2.51. The van der Waals surface area contributed by atoms with Gasteiger partial charge in [0.15, 0.2) is 22.4 Å². The number of thioether (sulfide) groups is 1. The number of halogens is 1. The van der Waals surface area contributed by atoms with Crippen LogP contribution in [-0.4, -0.2) is 43.3 Å². The van der Waals surface area contributed by atoms with Crippen LogP contribution in [0.25, 0.3) is 5.65 Å². The molecule has 106 valence electrons. The molecule has 8 heteroatoms. The monoisotopic (exact) mass is 312 g/mol. The highest BCUT2D eigenvalue weighted by molar-refractivity contribution is 7.99. The molecule has 0 amide bonds. The van der Waals surface area contributed by atoms with Gasteiger partial charge in [-0.1, -0.05) is 11.6 Å². The minimum atomic E-state index is -0.533. The van der Waals surface area contributed by atoms with Crippen molar-refractivity contribution in [3.05, 3.63) is 23.4 Å². The Labute approximate surface area is 124 Å². The molecule has 2 unspecified atom stereocenters. The van der Waals surface area contributed by atoms with E-state index >= 15 is 0 Å². The maximum absolute atomic E-state index is 6.04. The molecule has 2 saturated heterocycles. The van der Waals surface area contributed by atoms with E-state index in [-0.39, 0.29) is 17.5 Å². The van der Waals surface area contributed by atoms with E-state index in [2.05, 4.69) is 15.2 Å². The fourth-order valence-corrected chi connectivity index (χ4v) is 4.34. The van der Waals surface area contributed by atoms with Gasteiger partial charge in [-0.25, -0.2) is 4.98 Å². The van der Waals surface area contributed by atoms with Crippen LogP contribution in [0.15, 0.2) is 12.4 Å². The molecule has 2 aliphatic heterocycles. The average Bonchev–Trinajstić information content (AvgIpc) is 3.01. The minimum Gasteiger partial charge on any atom is -0.344 e. The summed E-state index contributed by atoms with van der Waals surface area (Å²) < 4.78 is 13.8. The third-order valence-corrected chi connectivity index (χ3v) is 5.15. The highest BCUT2D eigenvalue weighted by atomic mass is 35.5. The van der Waals surface area contributed by atoms with Crippen LogP contribution < -0.4 is 0 Å². The van der Waals surface area contributed by atoms with E-state index in [4.69, 9.17) is 21.1 Å². The Morgan fingerprint density at radius 1 is 1.40 bits per heavy atom. The van der Waals surface area contributed by atoms with Crippen molar-refractivity contribution in [2.24, 2.45) is 0 Å². The van der Waals surface area contributed by atoms with Gasteiger partial charge in [0.1, 0.15) is 6.10 Å². The van der Waals surface area contributed by atoms with Crippen molar-refractivity contribution in [1.29, 1.82) is 0 Å². The first-order valence-electron chi connectivity index (χ1n) is 6.37. The smallest absolute Gasteiger partial charge is 0.198 e. The van der Waals surface area contributed by atoms with Gasteiger partial charge >= 0.3 is 0 Å². The standard InChI is InChI=1S/C12H13ClN4O2S/c1-12(2)18-6-5-20-8(7(6)19-12)10-15-16-11-9(13)14-3-4-17(10)11/h3-4,6-8H,5H2,1-2H3/t6?,7?,8-/m1/s1. The van der Waals surface area contributed by atoms with Gasteiger partial charge in [0, 0.05) is 18.1 Å². The molecule has 2 aromatic heterocycles. The lowest BCUT2D eigenvalue weighted by molar-refractivity contribution is -0.145. The van der Waals surface area contributed by atoms with Crippen molar-refractivity contribution in [1.82, 2.24) is 19.6 Å². The maximum atomic E-state index is 6.04. The lowest BCUT2D eigenvalue weighted by atomic mass is 10.1. The van der Waals surface area contributed by atoms with Gasteiger partial charge in [-0.15, -0.1) is 22.0 Å². The summed E-state index contributed by atoms with van der Waals surface area (Å²) in [6.45, 7) is 3.88. The molecule has 3 atom stereocenters. The summed E-state index contributed by atoms with van der Waals surface area (Å²) in [5.41, 5.74) is 0.575. The van der Waals surface area contributed by atoms with Crippen molar-refractivity contribution in [2.45, 2.75) is 37.1 Å².